The van der Waals surface area contributed by atoms with E-state index >= 15 is 0 Å². The first kappa shape index (κ1) is 7.67. The molecule has 0 fully saturated rings. The lowest BCUT2D eigenvalue weighted by atomic mass is 10.1. The molecule has 0 saturated heterocycles. The number of nitrogens with zero attached hydrogens (tertiary/aromatic N) is 3. The summed E-state index contributed by atoms with van der Waals surface area (Å²) in [5, 5.41) is 0. The van der Waals surface area contributed by atoms with Gasteiger partial charge in [-0.05, 0) is 6.07 Å². The zero-order valence-corrected chi connectivity index (χ0v) is 6.88. The second-order valence-electron chi connectivity index (χ2n) is 2.59. The van der Waals surface area contributed by atoms with Crippen molar-refractivity contribution in [2.75, 3.05) is 5.73 Å². The Morgan fingerprint density at radius 1 is 1.00 bits per heavy atom. The van der Waals surface area contributed by atoms with Gasteiger partial charge < -0.3 is 5.73 Å². The number of nitrogen functional groups attached to an aromatic ring is 1. The zero-order chi connectivity index (χ0) is 9.10. The van der Waals surface area contributed by atoms with E-state index in [1.165, 1.54) is 6.33 Å². The number of anilines is 1. The van der Waals surface area contributed by atoms with Gasteiger partial charge in [0.15, 0.2) is 0 Å². The molecule has 0 aliphatic heterocycles. The normalized spacial score (nSPS) is 9.85. The van der Waals surface area contributed by atoms with E-state index in [1.807, 2.05) is 0 Å². The lowest BCUT2D eigenvalue weighted by molar-refractivity contribution is 1.17. The Morgan fingerprint density at radius 2 is 1.77 bits per heavy atom. The highest BCUT2D eigenvalue weighted by molar-refractivity contribution is 5.73. The molecule has 0 bridgehead atoms. The third-order valence-electron chi connectivity index (χ3n) is 1.73. The molecule has 0 spiro atoms. The van der Waals surface area contributed by atoms with E-state index in [9.17, 15) is 0 Å². The van der Waals surface area contributed by atoms with Crippen molar-refractivity contribution in [3.05, 3.63) is 37.2 Å². The Labute approximate surface area is 75.5 Å². The predicted molar refractivity (Wildman–Crippen MR) is 49.7 cm³/mol. The molecule has 2 N–H and O–H groups in total. The molecule has 13 heavy (non-hydrogen) atoms. The van der Waals surface area contributed by atoms with Crippen LogP contribution in [0, 0.1) is 0 Å². The van der Waals surface area contributed by atoms with Crippen LogP contribution in [0.15, 0.2) is 37.2 Å². The minimum atomic E-state index is 0.685. The summed E-state index contributed by atoms with van der Waals surface area (Å²) in [5.41, 5.74) is 8.19. The van der Waals surface area contributed by atoms with E-state index in [2.05, 4.69) is 15.0 Å². The lowest BCUT2D eigenvalue weighted by Crippen LogP contribution is -1.91. The molecule has 4 heteroatoms. The molecule has 64 valence electrons. The third-order valence-corrected chi connectivity index (χ3v) is 1.73. The molecule has 0 saturated carbocycles. The van der Waals surface area contributed by atoms with Crippen molar-refractivity contribution in [1.29, 1.82) is 0 Å². The van der Waals surface area contributed by atoms with Gasteiger partial charge in [0.1, 0.15) is 6.33 Å². The first-order valence-electron chi connectivity index (χ1n) is 3.83. The van der Waals surface area contributed by atoms with Gasteiger partial charge in [-0.1, -0.05) is 0 Å². The summed E-state index contributed by atoms with van der Waals surface area (Å²) in [5.74, 6) is 0. The van der Waals surface area contributed by atoms with Crippen LogP contribution >= 0.6 is 0 Å². The number of hydrogen-bond acceptors (Lipinski definition) is 4. The van der Waals surface area contributed by atoms with Crippen LogP contribution in [0.3, 0.4) is 0 Å². The van der Waals surface area contributed by atoms with Gasteiger partial charge in [-0.25, -0.2) is 9.97 Å². The summed E-state index contributed by atoms with van der Waals surface area (Å²) in [6.45, 7) is 0. The molecule has 0 atom stereocenters. The average molecular weight is 172 g/mol. The number of hydrogen-bond donors (Lipinski definition) is 1. The van der Waals surface area contributed by atoms with Gasteiger partial charge in [0.05, 0.1) is 0 Å². The molecule has 0 radical (unpaired) electrons. The summed E-state index contributed by atoms with van der Waals surface area (Å²) >= 11 is 0. The SMILES string of the molecule is Nc1ccncc1-c1cncnc1. The van der Waals surface area contributed by atoms with Crippen molar-refractivity contribution in [3.63, 3.8) is 0 Å². The van der Waals surface area contributed by atoms with E-state index in [0.717, 1.165) is 11.1 Å². The van der Waals surface area contributed by atoms with Gasteiger partial charge in [-0.3, -0.25) is 4.98 Å². The molecular weight excluding hydrogens is 164 g/mol. The van der Waals surface area contributed by atoms with Crippen molar-refractivity contribution >= 4 is 5.69 Å². The summed E-state index contributed by atoms with van der Waals surface area (Å²) in [7, 11) is 0. The van der Waals surface area contributed by atoms with Crippen LogP contribution < -0.4 is 5.73 Å². The molecular formula is C9H8N4. The first-order valence-corrected chi connectivity index (χ1v) is 3.83. The molecule has 2 aromatic rings. The molecule has 0 aliphatic carbocycles. The molecule has 0 aromatic carbocycles. The molecule has 2 rings (SSSR count). The van der Waals surface area contributed by atoms with Crippen molar-refractivity contribution < 1.29 is 0 Å². The topological polar surface area (TPSA) is 64.7 Å². The zero-order valence-electron chi connectivity index (χ0n) is 6.88. The van der Waals surface area contributed by atoms with Gasteiger partial charge in [0.25, 0.3) is 0 Å². The van der Waals surface area contributed by atoms with E-state index < -0.39 is 0 Å². The maximum Gasteiger partial charge on any atom is 0.115 e. The van der Waals surface area contributed by atoms with Gasteiger partial charge in [-0.15, -0.1) is 0 Å². The third kappa shape index (κ3) is 1.46. The highest BCUT2D eigenvalue weighted by atomic mass is 14.8. The van der Waals surface area contributed by atoms with Gasteiger partial charge in [0, 0.05) is 41.6 Å². The molecule has 0 unspecified atom stereocenters. The molecule has 0 aliphatic rings. The van der Waals surface area contributed by atoms with Crippen LogP contribution in [0.25, 0.3) is 11.1 Å². The first-order chi connectivity index (χ1) is 6.38. The van der Waals surface area contributed by atoms with Crippen LogP contribution in [0.2, 0.25) is 0 Å². The maximum absolute atomic E-state index is 5.76. The Bertz CT molecular complexity index is 399. The van der Waals surface area contributed by atoms with Gasteiger partial charge in [-0.2, -0.15) is 0 Å². The molecule has 2 heterocycles. The standard InChI is InChI=1S/C9H8N4/c10-9-1-2-11-5-8(9)7-3-12-6-13-4-7/h1-6H,(H2,10,11). The second-order valence-corrected chi connectivity index (χ2v) is 2.59. The average Bonchev–Trinajstić information content (AvgIpc) is 2.20. The van der Waals surface area contributed by atoms with Gasteiger partial charge >= 0.3 is 0 Å². The highest BCUT2D eigenvalue weighted by Crippen LogP contribution is 2.21. The fourth-order valence-electron chi connectivity index (χ4n) is 1.08. The smallest absolute Gasteiger partial charge is 0.115 e. The highest BCUT2D eigenvalue weighted by Gasteiger charge is 2.01. The monoisotopic (exact) mass is 172 g/mol. The minimum Gasteiger partial charge on any atom is -0.398 e. The van der Waals surface area contributed by atoms with E-state index in [0.29, 0.717) is 5.69 Å². The maximum atomic E-state index is 5.76. The Hall–Kier alpha value is -1.97. The number of nitrogens with two attached hydrogens (primary N) is 1. The fraction of sp³-hybridized carbons (Fsp3) is 0. The summed E-state index contributed by atoms with van der Waals surface area (Å²) in [6, 6.07) is 1.75. The molecule has 0 amide bonds. The van der Waals surface area contributed by atoms with E-state index in [1.54, 1.807) is 30.9 Å². The molecule has 2 aromatic heterocycles. The van der Waals surface area contributed by atoms with Crippen LogP contribution in [-0.4, -0.2) is 15.0 Å². The Balaban J connectivity index is 2.54. The predicted octanol–water partition coefficient (Wildman–Crippen LogP) is 1.12. The largest absolute Gasteiger partial charge is 0.398 e. The second kappa shape index (κ2) is 3.18. The Kier molecular flexibility index (Phi) is 1.88. The van der Waals surface area contributed by atoms with Crippen molar-refractivity contribution in [1.82, 2.24) is 15.0 Å². The van der Waals surface area contributed by atoms with Crippen LogP contribution in [0.5, 0.6) is 0 Å². The van der Waals surface area contributed by atoms with Crippen molar-refractivity contribution in [3.8, 4) is 11.1 Å². The Morgan fingerprint density at radius 3 is 2.46 bits per heavy atom. The summed E-state index contributed by atoms with van der Waals surface area (Å²) < 4.78 is 0. The fourth-order valence-corrected chi connectivity index (χ4v) is 1.08. The number of rotatable bonds is 1. The lowest BCUT2D eigenvalue weighted by Gasteiger charge is -2.02. The summed E-state index contributed by atoms with van der Waals surface area (Å²) in [4.78, 5) is 11.8. The van der Waals surface area contributed by atoms with Crippen LogP contribution in [-0.2, 0) is 0 Å². The van der Waals surface area contributed by atoms with Crippen LogP contribution in [0.1, 0.15) is 0 Å². The van der Waals surface area contributed by atoms with Crippen LogP contribution in [0.4, 0.5) is 5.69 Å². The summed E-state index contributed by atoms with van der Waals surface area (Å²) in [6.07, 6.45) is 8.26. The minimum absolute atomic E-state index is 0.685. The number of aromatic nitrogens is 3. The van der Waals surface area contributed by atoms with E-state index in [4.69, 9.17) is 5.73 Å². The quantitative estimate of drug-likeness (QED) is 0.700. The number of pyridine rings is 1. The van der Waals surface area contributed by atoms with E-state index in [-0.39, 0.29) is 0 Å². The van der Waals surface area contributed by atoms with Crippen molar-refractivity contribution in [2.45, 2.75) is 0 Å². The molecule has 4 nitrogen and oxygen atoms in total. The van der Waals surface area contributed by atoms with Crippen molar-refractivity contribution in [2.24, 2.45) is 0 Å². The van der Waals surface area contributed by atoms with Gasteiger partial charge in [0.2, 0.25) is 0 Å².